The molecule has 17 heavy (non-hydrogen) atoms. The number of hydrogen-bond donors (Lipinski definition) is 1. The van der Waals surface area contributed by atoms with Crippen LogP contribution in [0.1, 0.15) is 37.7 Å². The molecule has 0 radical (unpaired) electrons. The summed E-state index contributed by atoms with van der Waals surface area (Å²) in [6, 6.07) is 9.70. The van der Waals surface area contributed by atoms with Crippen LogP contribution in [0.5, 0.6) is 0 Å². The average molecular weight is 231 g/mol. The molecular formula is C15H21NO. The van der Waals surface area contributed by atoms with Crippen LogP contribution in [0, 0.1) is 5.92 Å². The van der Waals surface area contributed by atoms with Gasteiger partial charge in [0, 0.05) is 6.42 Å². The van der Waals surface area contributed by atoms with E-state index >= 15 is 0 Å². The van der Waals surface area contributed by atoms with Crippen molar-refractivity contribution in [3.63, 3.8) is 0 Å². The van der Waals surface area contributed by atoms with Crippen LogP contribution in [-0.2, 0) is 11.2 Å². The van der Waals surface area contributed by atoms with Crippen LogP contribution in [0.4, 0.5) is 0 Å². The van der Waals surface area contributed by atoms with Crippen molar-refractivity contribution >= 4 is 5.78 Å². The fourth-order valence-corrected chi connectivity index (χ4v) is 2.63. The molecule has 1 aromatic carbocycles. The van der Waals surface area contributed by atoms with E-state index in [-0.39, 0.29) is 11.8 Å². The molecular weight excluding hydrogens is 210 g/mol. The van der Waals surface area contributed by atoms with Crippen LogP contribution < -0.4 is 5.73 Å². The lowest BCUT2D eigenvalue weighted by atomic mass is 9.94. The molecule has 0 bridgehead atoms. The number of carbonyl (C=O) groups excluding carboxylic acids is 1. The monoisotopic (exact) mass is 231 g/mol. The maximum absolute atomic E-state index is 12.0. The summed E-state index contributed by atoms with van der Waals surface area (Å²) < 4.78 is 0. The maximum Gasteiger partial charge on any atom is 0.150 e. The van der Waals surface area contributed by atoms with Crippen LogP contribution in [0.3, 0.4) is 0 Å². The molecule has 1 aromatic rings. The van der Waals surface area contributed by atoms with Crippen LogP contribution >= 0.6 is 0 Å². The van der Waals surface area contributed by atoms with Gasteiger partial charge in [-0.05, 0) is 17.9 Å². The van der Waals surface area contributed by atoms with Crippen molar-refractivity contribution in [3.8, 4) is 0 Å². The van der Waals surface area contributed by atoms with Gasteiger partial charge in [-0.2, -0.15) is 0 Å². The first-order valence-electron chi connectivity index (χ1n) is 6.58. The van der Waals surface area contributed by atoms with Crippen LogP contribution in [0.2, 0.25) is 0 Å². The van der Waals surface area contributed by atoms with Gasteiger partial charge in [-0.15, -0.1) is 0 Å². The lowest BCUT2D eigenvalue weighted by molar-refractivity contribution is -0.121. The SMILES string of the molecule is NC(Cc1ccccc1)C(=O)CC1CCCC1. The Labute approximate surface area is 103 Å². The van der Waals surface area contributed by atoms with E-state index in [1.54, 1.807) is 0 Å². The third-order valence-corrected chi connectivity index (χ3v) is 3.68. The molecule has 1 aliphatic rings. The molecule has 1 fully saturated rings. The fraction of sp³-hybridized carbons (Fsp3) is 0.533. The first kappa shape index (κ1) is 12.3. The Hall–Kier alpha value is -1.15. The van der Waals surface area contributed by atoms with E-state index in [0.717, 1.165) is 5.56 Å². The topological polar surface area (TPSA) is 43.1 Å². The van der Waals surface area contributed by atoms with Gasteiger partial charge in [-0.1, -0.05) is 56.0 Å². The number of nitrogens with two attached hydrogens (primary N) is 1. The van der Waals surface area contributed by atoms with Crippen LogP contribution in [-0.4, -0.2) is 11.8 Å². The molecule has 0 aromatic heterocycles. The highest BCUT2D eigenvalue weighted by molar-refractivity contribution is 5.84. The van der Waals surface area contributed by atoms with Crippen molar-refractivity contribution in [1.29, 1.82) is 0 Å². The second-order valence-electron chi connectivity index (χ2n) is 5.12. The first-order valence-corrected chi connectivity index (χ1v) is 6.58. The fourth-order valence-electron chi connectivity index (χ4n) is 2.63. The quantitative estimate of drug-likeness (QED) is 0.846. The summed E-state index contributed by atoms with van der Waals surface area (Å²) in [5.41, 5.74) is 7.13. The minimum Gasteiger partial charge on any atom is -0.321 e. The minimum atomic E-state index is -0.321. The molecule has 1 unspecified atom stereocenters. The number of Topliss-reactive ketones (excluding diaryl/α,β-unsaturated/α-hetero) is 1. The Morgan fingerprint density at radius 3 is 2.53 bits per heavy atom. The third-order valence-electron chi connectivity index (χ3n) is 3.68. The second-order valence-corrected chi connectivity index (χ2v) is 5.12. The maximum atomic E-state index is 12.0. The summed E-state index contributed by atoms with van der Waals surface area (Å²) >= 11 is 0. The van der Waals surface area contributed by atoms with E-state index in [2.05, 4.69) is 0 Å². The number of ketones is 1. The van der Waals surface area contributed by atoms with E-state index in [1.165, 1.54) is 25.7 Å². The highest BCUT2D eigenvalue weighted by Crippen LogP contribution is 2.28. The average Bonchev–Trinajstić information content (AvgIpc) is 2.83. The summed E-state index contributed by atoms with van der Waals surface area (Å²) in [5, 5.41) is 0. The summed E-state index contributed by atoms with van der Waals surface area (Å²) in [5.74, 6) is 0.838. The Kier molecular flexibility index (Phi) is 4.32. The zero-order valence-electron chi connectivity index (χ0n) is 10.3. The zero-order valence-corrected chi connectivity index (χ0v) is 10.3. The van der Waals surface area contributed by atoms with Crippen molar-refractivity contribution < 1.29 is 4.79 Å². The number of benzene rings is 1. The van der Waals surface area contributed by atoms with E-state index in [0.29, 0.717) is 18.8 Å². The van der Waals surface area contributed by atoms with Gasteiger partial charge in [-0.25, -0.2) is 0 Å². The van der Waals surface area contributed by atoms with Gasteiger partial charge >= 0.3 is 0 Å². The van der Waals surface area contributed by atoms with Gasteiger partial charge in [0.15, 0.2) is 0 Å². The summed E-state index contributed by atoms with van der Waals surface area (Å²) in [4.78, 5) is 12.0. The van der Waals surface area contributed by atoms with Crippen molar-refractivity contribution in [2.24, 2.45) is 11.7 Å². The van der Waals surface area contributed by atoms with Gasteiger partial charge < -0.3 is 5.73 Å². The first-order chi connectivity index (χ1) is 8.25. The predicted octanol–water partition coefficient (Wildman–Crippen LogP) is 2.71. The Morgan fingerprint density at radius 2 is 1.88 bits per heavy atom. The predicted molar refractivity (Wildman–Crippen MR) is 69.7 cm³/mol. The van der Waals surface area contributed by atoms with Crippen molar-refractivity contribution in [2.45, 2.75) is 44.6 Å². The van der Waals surface area contributed by atoms with E-state index in [9.17, 15) is 4.79 Å². The zero-order chi connectivity index (χ0) is 12.1. The Morgan fingerprint density at radius 1 is 1.24 bits per heavy atom. The molecule has 2 heteroatoms. The molecule has 92 valence electrons. The van der Waals surface area contributed by atoms with Crippen molar-refractivity contribution in [3.05, 3.63) is 35.9 Å². The largest absolute Gasteiger partial charge is 0.321 e. The van der Waals surface area contributed by atoms with Gasteiger partial charge in [0.2, 0.25) is 0 Å². The van der Waals surface area contributed by atoms with Gasteiger partial charge in [0.05, 0.1) is 6.04 Å². The second kappa shape index (κ2) is 5.97. The number of rotatable bonds is 5. The highest BCUT2D eigenvalue weighted by Gasteiger charge is 2.22. The molecule has 0 saturated heterocycles. The minimum absolute atomic E-state index is 0.237. The van der Waals surface area contributed by atoms with Gasteiger partial charge in [0.1, 0.15) is 5.78 Å². The lowest BCUT2D eigenvalue weighted by Gasteiger charge is -2.13. The number of hydrogen-bond acceptors (Lipinski definition) is 2. The Bertz CT molecular complexity index is 354. The van der Waals surface area contributed by atoms with Gasteiger partial charge in [-0.3, -0.25) is 4.79 Å². The standard InChI is InChI=1S/C15H21NO/c16-14(10-12-6-2-1-3-7-12)15(17)11-13-8-4-5-9-13/h1-3,6-7,13-14H,4-5,8-11,16H2. The molecule has 0 aliphatic heterocycles. The summed E-state index contributed by atoms with van der Waals surface area (Å²) in [6.07, 6.45) is 6.35. The molecule has 0 heterocycles. The smallest absolute Gasteiger partial charge is 0.150 e. The van der Waals surface area contributed by atoms with E-state index in [1.807, 2.05) is 30.3 Å². The summed E-state index contributed by atoms with van der Waals surface area (Å²) in [7, 11) is 0. The molecule has 2 nitrogen and oxygen atoms in total. The highest BCUT2D eigenvalue weighted by atomic mass is 16.1. The lowest BCUT2D eigenvalue weighted by Crippen LogP contribution is -2.33. The van der Waals surface area contributed by atoms with Crippen LogP contribution in [0.25, 0.3) is 0 Å². The Balaban J connectivity index is 1.82. The molecule has 2 N–H and O–H groups in total. The molecule has 0 amide bonds. The number of carbonyl (C=O) groups is 1. The summed E-state index contributed by atoms with van der Waals surface area (Å²) in [6.45, 7) is 0. The van der Waals surface area contributed by atoms with Gasteiger partial charge in [0.25, 0.3) is 0 Å². The molecule has 1 atom stereocenters. The van der Waals surface area contributed by atoms with Crippen LogP contribution in [0.15, 0.2) is 30.3 Å². The van der Waals surface area contributed by atoms with E-state index in [4.69, 9.17) is 5.73 Å². The van der Waals surface area contributed by atoms with Crippen molar-refractivity contribution in [2.75, 3.05) is 0 Å². The van der Waals surface area contributed by atoms with E-state index < -0.39 is 0 Å². The molecule has 1 saturated carbocycles. The molecule has 2 rings (SSSR count). The van der Waals surface area contributed by atoms with Crippen molar-refractivity contribution in [1.82, 2.24) is 0 Å². The normalized spacial score (nSPS) is 18.2. The molecule has 1 aliphatic carbocycles. The molecule has 0 spiro atoms. The third kappa shape index (κ3) is 3.67.